The Hall–Kier alpha value is -4.04. The van der Waals surface area contributed by atoms with Crippen molar-refractivity contribution >= 4 is 44.1 Å². The smallest absolute Gasteiger partial charge is 0.137 e. The van der Waals surface area contributed by atoms with Crippen LogP contribution < -0.4 is 5.32 Å². The highest BCUT2D eigenvalue weighted by molar-refractivity contribution is 6.11. The Morgan fingerprint density at radius 3 is 2.17 bits per heavy atom. The first-order valence-electron chi connectivity index (χ1n) is 10.1. The van der Waals surface area contributed by atoms with Gasteiger partial charge in [0.1, 0.15) is 11.2 Å². The summed E-state index contributed by atoms with van der Waals surface area (Å²) in [4.78, 5) is 0. The molecule has 6 aromatic rings. The summed E-state index contributed by atoms with van der Waals surface area (Å²) in [5.74, 6) is 0. The second kappa shape index (κ2) is 6.78. The maximum atomic E-state index is 6.00. The average molecular weight is 385 g/mol. The van der Waals surface area contributed by atoms with Gasteiger partial charge in [-0.05, 0) is 58.3 Å². The standard InChI is InChI=1S/C28H19NO/c1-2-7-21-18-22(13-12-19(21)6-1)20-14-16-23(17-15-20)29-25-9-5-11-27-28(25)24-8-3-4-10-26(24)30-27/h1-18,29H. The minimum atomic E-state index is 0.897. The molecular weight excluding hydrogens is 366 g/mol. The lowest BCUT2D eigenvalue weighted by Crippen LogP contribution is -1.91. The predicted octanol–water partition coefficient (Wildman–Crippen LogP) is 8.15. The van der Waals surface area contributed by atoms with E-state index in [1.165, 1.54) is 21.9 Å². The zero-order chi connectivity index (χ0) is 19.9. The third-order valence-corrected chi connectivity index (χ3v) is 5.65. The van der Waals surface area contributed by atoms with Crippen LogP contribution in [0.15, 0.2) is 114 Å². The van der Waals surface area contributed by atoms with Crippen LogP contribution in [0.25, 0.3) is 43.8 Å². The summed E-state index contributed by atoms with van der Waals surface area (Å²) in [6, 6.07) is 38.0. The van der Waals surface area contributed by atoms with Crippen LogP contribution in [0, 0.1) is 0 Å². The Bertz CT molecular complexity index is 1510. The number of nitrogens with one attached hydrogen (secondary N) is 1. The molecule has 0 aliphatic rings. The lowest BCUT2D eigenvalue weighted by Gasteiger charge is -2.10. The van der Waals surface area contributed by atoms with Gasteiger partial charge in [0.2, 0.25) is 0 Å². The molecule has 0 saturated heterocycles. The summed E-state index contributed by atoms with van der Waals surface area (Å²) >= 11 is 0. The van der Waals surface area contributed by atoms with Crippen molar-refractivity contribution in [2.45, 2.75) is 0 Å². The molecule has 0 atom stereocenters. The maximum absolute atomic E-state index is 6.00. The zero-order valence-corrected chi connectivity index (χ0v) is 16.3. The molecule has 2 heteroatoms. The molecule has 142 valence electrons. The number of fused-ring (bicyclic) bond motifs is 4. The number of hydrogen-bond acceptors (Lipinski definition) is 2. The van der Waals surface area contributed by atoms with Crippen molar-refractivity contribution in [3.63, 3.8) is 0 Å². The maximum Gasteiger partial charge on any atom is 0.137 e. The van der Waals surface area contributed by atoms with E-state index >= 15 is 0 Å². The van der Waals surface area contributed by atoms with Crippen LogP contribution in [0.1, 0.15) is 0 Å². The van der Waals surface area contributed by atoms with Crippen molar-refractivity contribution in [3.8, 4) is 11.1 Å². The van der Waals surface area contributed by atoms with Crippen LogP contribution in [0.5, 0.6) is 0 Å². The molecule has 0 aliphatic carbocycles. The van der Waals surface area contributed by atoms with E-state index in [0.717, 1.165) is 33.3 Å². The fourth-order valence-corrected chi connectivity index (χ4v) is 4.15. The van der Waals surface area contributed by atoms with Gasteiger partial charge in [0.25, 0.3) is 0 Å². The number of rotatable bonds is 3. The highest BCUT2D eigenvalue weighted by atomic mass is 16.3. The third-order valence-electron chi connectivity index (χ3n) is 5.65. The molecule has 0 bridgehead atoms. The molecule has 6 rings (SSSR count). The molecule has 2 nitrogen and oxygen atoms in total. The third kappa shape index (κ3) is 2.82. The van der Waals surface area contributed by atoms with E-state index in [1.807, 2.05) is 30.3 Å². The molecular formula is C28H19NO. The molecule has 1 heterocycles. The Morgan fingerprint density at radius 1 is 0.533 bits per heavy atom. The van der Waals surface area contributed by atoms with E-state index in [1.54, 1.807) is 0 Å². The second-order valence-corrected chi connectivity index (χ2v) is 7.54. The Balaban J connectivity index is 1.36. The van der Waals surface area contributed by atoms with Crippen LogP contribution in [-0.2, 0) is 0 Å². The van der Waals surface area contributed by atoms with Crippen molar-refractivity contribution in [1.82, 2.24) is 0 Å². The fraction of sp³-hybridized carbons (Fsp3) is 0. The van der Waals surface area contributed by atoms with Gasteiger partial charge in [-0.15, -0.1) is 0 Å². The summed E-state index contributed by atoms with van der Waals surface area (Å²) in [5.41, 5.74) is 6.34. The first kappa shape index (κ1) is 16.9. The lowest BCUT2D eigenvalue weighted by molar-refractivity contribution is 0.669. The fourth-order valence-electron chi connectivity index (χ4n) is 4.15. The van der Waals surface area contributed by atoms with Gasteiger partial charge in [-0.2, -0.15) is 0 Å². The highest BCUT2D eigenvalue weighted by Crippen LogP contribution is 2.35. The monoisotopic (exact) mass is 385 g/mol. The van der Waals surface area contributed by atoms with Gasteiger partial charge in [-0.1, -0.05) is 72.8 Å². The molecule has 0 aliphatic heterocycles. The Labute approximate surface area is 174 Å². The summed E-state index contributed by atoms with van der Waals surface area (Å²) in [5, 5.41) is 8.34. The molecule has 30 heavy (non-hydrogen) atoms. The largest absolute Gasteiger partial charge is 0.456 e. The molecule has 0 unspecified atom stereocenters. The van der Waals surface area contributed by atoms with Gasteiger partial charge >= 0.3 is 0 Å². The van der Waals surface area contributed by atoms with Crippen LogP contribution in [0.2, 0.25) is 0 Å². The first-order chi connectivity index (χ1) is 14.8. The second-order valence-electron chi connectivity index (χ2n) is 7.54. The van der Waals surface area contributed by atoms with Gasteiger partial charge in [-0.25, -0.2) is 0 Å². The van der Waals surface area contributed by atoms with E-state index in [2.05, 4.69) is 84.2 Å². The first-order valence-corrected chi connectivity index (χ1v) is 10.1. The van der Waals surface area contributed by atoms with E-state index < -0.39 is 0 Å². The summed E-state index contributed by atoms with van der Waals surface area (Å²) in [6.45, 7) is 0. The van der Waals surface area contributed by atoms with Gasteiger partial charge in [0.15, 0.2) is 0 Å². The molecule has 5 aromatic carbocycles. The minimum Gasteiger partial charge on any atom is -0.456 e. The molecule has 0 amide bonds. The number of anilines is 2. The number of para-hydroxylation sites is 1. The molecule has 0 spiro atoms. The molecule has 0 saturated carbocycles. The number of hydrogen-bond donors (Lipinski definition) is 1. The van der Waals surface area contributed by atoms with Crippen LogP contribution in [0.4, 0.5) is 11.4 Å². The van der Waals surface area contributed by atoms with Crippen LogP contribution in [-0.4, -0.2) is 0 Å². The topological polar surface area (TPSA) is 25.2 Å². The predicted molar refractivity (Wildman–Crippen MR) is 126 cm³/mol. The quantitative estimate of drug-likeness (QED) is 0.332. The SMILES string of the molecule is c1ccc2cc(-c3ccc(Nc4cccc5oc6ccccc6c45)cc3)ccc2c1. The van der Waals surface area contributed by atoms with Crippen molar-refractivity contribution in [1.29, 1.82) is 0 Å². The lowest BCUT2D eigenvalue weighted by atomic mass is 10.0. The normalized spacial score (nSPS) is 11.3. The molecule has 0 radical (unpaired) electrons. The summed E-state index contributed by atoms with van der Waals surface area (Å²) in [7, 11) is 0. The van der Waals surface area contributed by atoms with E-state index in [9.17, 15) is 0 Å². The van der Waals surface area contributed by atoms with E-state index in [4.69, 9.17) is 4.42 Å². The van der Waals surface area contributed by atoms with Crippen molar-refractivity contribution < 1.29 is 4.42 Å². The summed E-state index contributed by atoms with van der Waals surface area (Å²) < 4.78 is 6.00. The zero-order valence-electron chi connectivity index (χ0n) is 16.3. The number of furan rings is 1. The highest BCUT2D eigenvalue weighted by Gasteiger charge is 2.10. The van der Waals surface area contributed by atoms with Crippen LogP contribution in [0.3, 0.4) is 0 Å². The minimum absolute atomic E-state index is 0.897. The Morgan fingerprint density at radius 2 is 1.27 bits per heavy atom. The van der Waals surface area contributed by atoms with Crippen molar-refractivity contribution in [2.75, 3.05) is 5.32 Å². The average Bonchev–Trinajstić information content (AvgIpc) is 3.19. The van der Waals surface area contributed by atoms with Crippen LogP contribution >= 0.6 is 0 Å². The van der Waals surface area contributed by atoms with E-state index in [-0.39, 0.29) is 0 Å². The Kier molecular flexibility index (Phi) is 3.82. The van der Waals surface area contributed by atoms with Gasteiger partial charge < -0.3 is 9.73 Å². The van der Waals surface area contributed by atoms with Gasteiger partial charge in [0.05, 0.1) is 11.1 Å². The van der Waals surface area contributed by atoms with Gasteiger partial charge in [0, 0.05) is 11.1 Å². The van der Waals surface area contributed by atoms with Crippen molar-refractivity contribution in [2.24, 2.45) is 0 Å². The molecule has 1 aromatic heterocycles. The molecule has 1 N–H and O–H groups in total. The van der Waals surface area contributed by atoms with Crippen molar-refractivity contribution in [3.05, 3.63) is 109 Å². The summed E-state index contributed by atoms with van der Waals surface area (Å²) in [6.07, 6.45) is 0. The molecule has 0 fully saturated rings. The number of benzene rings is 5. The van der Waals surface area contributed by atoms with E-state index in [0.29, 0.717) is 0 Å². The van der Waals surface area contributed by atoms with Gasteiger partial charge in [-0.3, -0.25) is 0 Å².